The lowest BCUT2D eigenvalue weighted by molar-refractivity contribution is 0.0938. The van der Waals surface area contributed by atoms with Crippen molar-refractivity contribution in [2.24, 2.45) is 7.05 Å². The van der Waals surface area contributed by atoms with Gasteiger partial charge in [-0.05, 0) is 30.7 Å². The van der Waals surface area contributed by atoms with E-state index < -0.39 is 17.4 Å². The van der Waals surface area contributed by atoms with Crippen LogP contribution < -0.4 is 26.0 Å². The van der Waals surface area contributed by atoms with Gasteiger partial charge < -0.3 is 24.5 Å². The minimum atomic E-state index is -0.910. The van der Waals surface area contributed by atoms with E-state index >= 15 is 0 Å². The number of aliphatic hydroxyl groups excluding tert-OH is 1. The Morgan fingerprint density at radius 3 is 2.58 bits per heavy atom. The molecule has 1 atom stereocenters. The SMILES string of the molecule is CCCCCNc1nc2c(c(=O)[nH]c(=O)n2C)n1C[C@H](O)COc1ccc(OC)cc1. The molecule has 0 aliphatic carbocycles. The zero-order chi connectivity index (χ0) is 22.4. The first-order chi connectivity index (χ1) is 14.9. The molecule has 0 radical (unpaired) electrons. The minimum Gasteiger partial charge on any atom is -0.497 e. The van der Waals surface area contributed by atoms with Crippen molar-refractivity contribution in [3.05, 3.63) is 45.1 Å². The number of rotatable bonds is 11. The number of methoxy groups -OCH3 is 1. The van der Waals surface area contributed by atoms with E-state index in [-0.39, 0.29) is 24.3 Å². The second-order valence-electron chi connectivity index (χ2n) is 7.31. The molecule has 3 N–H and O–H groups in total. The topological polar surface area (TPSA) is 123 Å². The number of imidazole rings is 1. The van der Waals surface area contributed by atoms with Gasteiger partial charge in [0.25, 0.3) is 5.56 Å². The summed E-state index contributed by atoms with van der Waals surface area (Å²) in [5.41, 5.74) is -0.600. The predicted molar refractivity (Wildman–Crippen MR) is 118 cm³/mol. The fourth-order valence-electron chi connectivity index (χ4n) is 3.25. The summed E-state index contributed by atoms with van der Waals surface area (Å²) in [5.74, 6) is 1.73. The van der Waals surface area contributed by atoms with E-state index in [1.54, 1.807) is 43.0 Å². The molecule has 3 rings (SSSR count). The molecule has 0 spiro atoms. The zero-order valence-corrected chi connectivity index (χ0v) is 18.1. The number of hydrogen-bond donors (Lipinski definition) is 3. The maximum Gasteiger partial charge on any atom is 0.329 e. The number of aryl methyl sites for hydroxylation is 1. The lowest BCUT2D eigenvalue weighted by atomic mass is 10.2. The van der Waals surface area contributed by atoms with Crippen LogP contribution in [0.25, 0.3) is 11.2 Å². The molecule has 0 unspecified atom stereocenters. The molecule has 168 valence electrons. The highest BCUT2D eigenvalue weighted by Crippen LogP contribution is 2.19. The molecule has 31 heavy (non-hydrogen) atoms. The molecule has 0 bridgehead atoms. The second-order valence-corrected chi connectivity index (χ2v) is 7.31. The number of aromatic nitrogens is 4. The first-order valence-electron chi connectivity index (χ1n) is 10.3. The molecule has 2 aromatic heterocycles. The summed E-state index contributed by atoms with van der Waals surface area (Å²) in [6.07, 6.45) is 2.17. The van der Waals surface area contributed by atoms with Crippen LogP contribution in [0.4, 0.5) is 5.95 Å². The van der Waals surface area contributed by atoms with Gasteiger partial charge in [-0.15, -0.1) is 0 Å². The van der Waals surface area contributed by atoms with Crippen molar-refractivity contribution in [2.75, 3.05) is 25.6 Å². The average Bonchev–Trinajstić information content (AvgIpc) is 3.12. The lowest BCUT2D eigenvalue weighted by Crippen LogP contribution is -2.31. The summed E-state index contributed by atoms with van der Waals surface area (Å²) >= 11 is 0. The summed E-state index contributed by atoms with van der Waals surface area (Å²) in [6.45, 7) is 2.88. The monoisotopic (exact) mass is 431 g/mol. The molecule has 0 saturated carbocycles. The Bertz CT molecular complexity index is 1120. The van der Waals surface area contributed by atoms with Crippen LogP contribution in [0.2, 0.25) is 0 Å². The van der Waals surface area contributed by atoms with E-state index in [0.717, 1.165) is 19.3 Å². The maximum atomic E-state index is 12.5. The number of hydrogen-bond acceptors (Lipinski definition) is 7. The quantitative estimate of drug-likeness (QED) is 0.393. The summed E-state index contributed by atoms with van der Waals surface area (Å²) in [7, 11) is 3.13. The Labute approximate surface area is 179 Å². The number of H-pyrrole nitrogens is 1. The molecule has 0 aliphatic heterocycles. The van der Waals surface area contributed by atoms with Crippen LogP contribution in [-0.2, 0) is 13.6 Å². The van der Waals surface area contributed by atoms with Gasteiger partial charge in [-0.2, -0.15) is 4.98 Å². The fraction of sp³-hybridized carbons (Fsp3) is 0.476. The highest BCUT2D eigenvalue weighted by Gasteiger charge is 2.19. The van der Waals surface area contributed by atoms with Gasteiger partial charge in [0.1, 0.15) is 24.2 Å². The largest absolute Gasteiger partial charge is 0.497 e. The van der Waals surface area contributed by atoms with Gasteiger partial charge in [-0.1, -0.05) is 19.8 Å². The number of aromatic amines is 1. The van der Waals surface area contributed by atoms with Crippen molar-refractivity contribution in [1.82, 2.24) is 19.1 Å². The highest BCUT2D eigenvalue weighted by molar-refractivity contribution is 5.74. The van der Waals surface area contributed by atoms with Gasteiger partial charge in [0, 0.05) is 13.6 Å². The molecular formula is C21H29N5O5. The van der Waals surface area contributed by atoms with Gasteiger partial charge >= 0.3 is 5.69 Å². The number of nitrogens with one attached hydrogen (secondary N) is 2. The zero-order valence-electron chi connectivity index (χ0n) is 18.1. The molecule has 0 saturated heterocycles. The maximum absolute atomic E-state index is 12.5. The van der Waals surface area contributed by atoms with Gasteiger partial charge in [0.05, 0.1) is 13.7 Å². The third-order valence-corrected chi connectivity index (χ3v) is 4.97. The van der Waals surface area contributed by atoms with Crippen LogP contribution in [0.5, 0.6) is 11.5 Å². The van der Waals surface area contributed by atoms with Crippen molar-refractivity contribution in [3.63, 3.8) is 0 Å². The minimum absolute atomic E-state index is 0.0188. The first-order valence-corrected chi connectivity index (χ1v) is 10.3. The lowest BCUT2D eigenvalue weighted by Gasteiger charge is -2.16. The van der Waals surface area contributed by atoms with Crippen LogP contribution in [0.3, 0.4) is 0 Å². The second kappa shape index (κ2) is 10.2. The molecular weight excluding hydrogens is 402 g/mol. The van der Waals surface area contributed by atoms with E-state index in [1.807, 2.05) is 0 Å². The number of fused-ring (bicyclic) bond motifs is 1. The number of benzene rings is 1. The van der Waals surface area contributed by atoms with Gasteiger partial charge in [0.2, 0.25) is 5.95 Å². The molecule has 3 aromatic rings. The Morgan fingerprint density at radius 2 is 1.90 bits per heavy atom. The van der Waals surface area contributed by atoms with Gasteiger partial charge in [-0.25, -0.2) is 4.79 Å². The molecule has 0 fully saturated rings. The molecule has 0 amide bonds. The Balaban J connectivity index is 1.81. The van der Waals surface area contributed by atoms with Crippen LogP contribution in [0.1, 0.15) is 26.2 Å². The number of nitrogens with zero attached hydrogens (tertiary/aromatic N) is 3. The third-order valence-electron chi connectivity index (χ3n) is 4.97. The molecule has 2 heterocycles. The van der Waals surface area contributed by atoms with E-state index in [4.69, 9.17) is 9.47 Å². The molecule has 0 aliphatic rings. The van der Waals surface area contributed by atoms with E-state index in [1.165, 1.54) is 4.57 Å². The van der Waals surface area contributed by atoms with Crippen molar-refractivity contribution >= 4 is 17.1 Å². The van der Waals surface area contributed by atoms with Crippen molar-refractivity contribution in [1.29, 1.82) is 0 Å². The summed E-state index contributed by atoms with van der Waals surface area (Å²) in [6, 6.07) is 7.03. The number of unbranched alkanes of at least 4 members (excludes halogenated alkanes) is 2. The standard InChI is InChI=1S/C21H29N5O5/c1-4-5-6-11-22-20-23-18-17(19(28)24-21(29)25(18)2)26(20)12-14(27)13-31-16-9-7-15(30-3)8-10-16/h7-10,14,27H,4-6,11-13H2,1-3H3,(H,22,23)(H,24,28,29)/t14-/m0/s1. The first kappa shape index (κ1) is 22.4. The average molecular weight is 431 g/mol. The van der Waals surface area contributed by atoms with Crippen LogP contribution in [0, 0.1) is 0 Å². The highest BCUT2D eigenvalue weighted by atomic mass is 16.5. The number of ether oxygens (including phenoxy) is 2. The molecule has 1 aromatic carbocycles. The van der Waals surface area contributed by atoms with Gasteiger partial charge in [0.15, 0.2) is 11.2 Å². The Hall–Kier alpha value is -3.27. The normalized spacial score (nSPS) is 12.1. The Morgan fingerprint density at radius 1 is 1.19 bits per heavy atom. The van der Waals surface area contributed by atoms with E-state index in [9.17, 15) is 14.7 Å². The summed E-state index contributed by atoms with van der Waals surface area (Å²) < 4.78 is 13.7. The summed E-state index contributed by atoms with van der Waals surface area (Å²) in [5, 5.41) is 13.8. The number of aliphatic hydroxyl groups is 1. The van der Waals surface area contributed by atoms with Crippen LogP contribution in [-0.4, -0.2) is 50.6 Å². The Kier molecular flexibility index (Phi) is 7.35. The smallest absolute Gasteiger partial charge is 0.329 e. The van der Waals surface area contributed by atoms with Crippen LogP contribution >= 0.6 is 0 Å². The van der Waals surface area contributed by atoms with Crippen molar-refractivity contribution in [3.8, 4) is 11.5 Å². The number of anilines is 1. The van der Waals surface area contributed by atoms with E-state index in [2.05, 4.69) is 22.2 Å². The third kappa shape index (κ3) is 5.26. The van der Waals surface area contributed by atoms with E-state index in [0.29, 0.717) is 24.0 Å². The van der Waals surface area contributed by atoms with Crippen molar-refractivity contribution < 1.29 is 14.6 Å². The predicted octanol–water partition coefficient (Wildman–Crippen LogP) is 1.47. The molecule has 10 heteroatoms. The summed E-state index contributed by atoms with van der Waals surface area (Å²) in [4.78, 5) is 31.2. The van der Waals surface area contributed by atoms with Gasteiger partial charge in [-0.3, -0.25) is 14.3 Å². The van der Waals surface area contributed by atoms with Crippen LogP contribution in [0.15, 0.2) is 33.9 Å². The fourth-order valence-corrected chi connectivity index (χ4v) is 3.25. The molecule has 10 nitrogen and oxygen atoms in total. The van der Waals surface area contributed by atoms with Crippen molar-refractivity contribution in [2.45, 2.75) is 38.8 Å².